The van der Waals surface area contributed by atoms with Gasteiger partial charge in [-0.3, -0.25) is 10.1 Å². The van der Waals surface area contributed by atoms with Crippen LogP contribution in [-0.2, 0) is 11.3 Å². The first-order valence-corrected chi connectivity index (χ1v) is 9.30. The van der Waals surface area contributed by atoms with Gasteiger partial charge in [-0.2, -0.15) is 0 Å². The summed E-state index contributed by atoms with van der Waals surface area (Å²) < 4.78 is 1.93. The van der Waals surface area contributed by atoms with Gasteiger partial charge < -0.3 is 4.57 Å². The van der Waals surface area contributed by atoms with Crippen LogP contribution in [0.25, 0.3) is 11.4 Å². The number of anilines is 1. The number of hydrogen-bond donors (Lipinski definition) is 1. The molecule has 3 aromatic rings. The molecular formula is C14H13ClN6OS2. The average molecular weight is 381 g/mol. The molecule has 10 heteroatoms. The normalized spacial score (nSPS) is 10.8. The minimum Gasteiger partial charge on any atom is -0.302 e. The predicted molar refractivity (Wildman–Crippen MR) is 95.4 cm³/mol. The van der Waals surface area contributed by atoms with Crippen molar-refractivity contribution in [3.63, 3.8) is 0 Å². The second kappa shape index (κ2) is 7.73. The number of rotatable bonds is 6. The van der Waals surface area contributed by atoms with Crippen molar-refractivity contribution in [2.45, 2.75) is 18.6 Å². The third-order valence-corrected chi connectivity index (χ3v) is 4.99. The molecule has 0 bridgehead atoms. The highest BCUT2D eigenvalue weighted by molar-refractivity contribution is 7.99. The summed E-state index contributed by atoms with van der Waals surface area (Å²) in [5.41, 5.74) is 2.38. The Balaban J connectivity index is 1.73. The topological polar surface area (TPSA) is 85.6 Å². The lowest BCUT2D eigenvalue weighted by molar-refractivity contribution is -0.113. The van der Waals surface area contributed by atoms with Crippen molar-refractivity contribution in [1.82, 2.24) is 25.0 Å². The zero-order valence-electron chi connectivity index (χ0n) is 12.6. The van der Waals surface area contributed by atoms with E-state index < -0.39 is 0 Å². The predicted octanol–water partition coefficient (Wildman–Crippen LogP) is 3.20. The minimum absolute atomic E-state index is 0.165. The van der Waals surface area contributed by atoms with E-state index in [9.17, 15) is 4.79 Å². The van der Waals surface area contributed by atoms with Crippen molar-refractivity contribution < 1.29 is 4.79 Å². The maximum Gasteiger partial charge on any atom is 0.236 e. The van der Waals surface area contributed by atoms with Crippen molar-refractivity contribution in [2.24, 2.45) is 0 Å². The summed E-state index contributed by atoms with van der Waals surface area (Å²) in [6.45, 7) is 2.67. The summed E-state index contributed by atoms with van der Waals surface area (Å²) in [5.74, 6) is 0.733. The van der Waals surface area contributed by atoms with Crippen LogP contribution in [0.3, 0.4) is 0 Å². The van der Waals surface area contributed by atoms with Crippen molar-refractivity contribution in [3.05, 3.63) is 34.8 Å². The molecule has 0 aliphatic rings. The largest absolute Gasteiger partial charge is 0.302 e. The molecule has 0 saturated carbocycles. The number of nitrogens with one attached hydrogen (secondary N) is 1. The molecule has 24 heavy (non-hydrogen) atoms. The SMILES string of the molecule is CCn1c(SCC(=O)Nc2nncs2)nnc1-c1ccccc1Cl. The summed E-state index contributed by atoms with van der Waals surface area (Å²) >= 11 is 8.83. The first kappa shape index (κ1) is 16.9. The van der Waals surface area contributed by atoms with Gasteiger partial charge >= 0.3 is 0 Å². The first-order chi connectivity index (χ1) is 11.7. The van der Waals surface area contributed by atoms with E-state index in [0.29, 0.717) is 27.7 Å². The van der Waals surface area contributed by atoms with E-state index in [1.807, 2.05) is 35.8 Å². The van der Waals surface area contributed by atoms with E-state index in [0.717, 1.165) is 5.56 Å². The summed E-state index contributed by atoms with van der Waals surface area (Å²) in [4.78, 5) is 11.9. The van der Waals surface area contributed by atoms with Crippen LogP contribution in [0.1, 0.15) is 6.92 Å². The Bertz CT molecular complexity index is 836. The fraction of sp³-hybridized carbons (Fsp3) is 0.214. The quantitative estimate of drug-likeness (QED) is 0.661. The Hall–Kier alpha value is -1.97. The Morgan fingerprint density at radius 3 is 2.88 bits per heavy atom. The van der Waals surface area contributed by atoms with Crippen LogP contribution >= 0.6 is 34.7 Å². The van der Waals surface area contributed by atoms with E-state index in [4.69, 9.17) is 11.6 Å². The zero-order chi connectivity index (χ0) is 16.9. The van der Waals surface area contributed by atoms with E-state index in [-0.39, 0.29) is 11.7 Å². The third kappa shape index (κ3) is 3.74. The molecule has 3 rings (SSSR count). The highest BCUT2D eigenvalue weighted by atomic mass is 35.5. The molecule has 1 amide bonds. The molecule has 1 N–H and O–H groups in total. The molecule has 0 aliphatic heterocycles. The van der Waals surface area contributed by atoms with E-state index in [2.05, 4.69) is 25.7 Å². The van der Waals surface area contributed by atoms with Gasteiger partial charge in [-0.15, -0.1) is 20.4 Å². The van der Waals surface area contributed by atoms with Crippen LogP contribution in [0.4, 0.5) is 5.13 Å². The van der Waals surface area contributed by atoms with Gasteiger partial charge in [-0.05, 0) is 19.1 Å². The first-order valence-electron chi connectivity index (χ1n) is 7.06. The highest BCUT2D eigenvalue weighted by Gasteiger charge is 2.16. The van der Waals surface area contributed by atoms with E-state index in [1.54, 1.807) is 5.51 Å². The Labute approximate surface area is 151 Å². The van der Waals surface area contributed by atoms with Crippen molar-refractivity contribution in [2.75, 3.05) is 11.1 Å². The molecule has 124 valence electrons. The Morgan fingerprint density at radius 2 is 2.17 bits per heavy atom. The summed E-state index contributed by atoms with van der Waals surface area (Å²) in [6.07, 6.45) is 0. The third-order valence-electron chi connectivity index (χ3n) is 3.09. The number of hydrogen-bond acceptors (Lipinski definition) is 7. The van der Waals surface area contributed by atoms with Crippen LogP contribution in [-0.4, -0.2) is 36.6 Å². The molecule has 1 aromatic carbocycles. The summed E-state index contributed by atoms with van der Waals surface area (Å²) in [7, 11) is 0. The van der Waals surface area contributed by atoms with Crippen LogP contribution in [0.2, 0.25) is 5.02 Å². The molecule has 0 saturated heterocycles. The van der Waals surface area contributed by atoms with Crippen molar-refractivity contribution >= 4 is 45.7 Å². The fourth-order valence-corrected chi connectivity index (χ4v) is 3.52. The number of aromatic nitrogens is 5. The molecule has 0 unspecified atom stereocenters. The van der Waals surface area contributed by atoms with E-state index in [1.165, 1.54) is 23.1 Å². The highest BCUT2D eigenvalue weighted by Crippen LogP contribution is 2.29. The van der Waals surface area contributed by atoms with Crippen LogP contribution in [0.15, 0.2) is 34.9 Å². The molecule has 7 nitrogen and oxygen atoms in total. The number of amides is 1. The van der Waals surface area contributed by atoms with Crippen molar-refractivity contribution in [3.8, 4) is 11.4 Å². The van der Waals surface area contributed by atoms with Crippen LogP contribution in [0.5, 0.6) is 0 Å². The lowest BCUT2D eigenvalue weighted by Gasteiger charge is -2.08. The molecule has 0 spiro atoms. The molecular weight excluding hydrogens is 368 g/mol. The average Bonchev–Trinajstić information content (AvgIpc) is 3.22. The maximum absolute atomic E-state index is 11.9. The number of thioether (sulfide) groups is 1. The maximum atomic E-state index is 11.9. The van der Waals surface area contributed by atoms with Gasteiger partial charge in [-0.25, -0.2) is 0 Å². The molecule has 0 aliphatic carbocycles. The van der Waals surface area contributed by atoms with Gasteiger partial charge in [-0.1, -0.05) is 46.8 Å². The Morgan fingerprint density at radius 1 is 1.33 bits per heavy atom. The molecule has 0 fully saturated rings. The number of carbonyl (C=O) groups excluding carboxylic acids is 1. The second-order valence-electron chi connectivity index (χ2n) is 4.61. The summed E-state index contributed by atoms with van der Waals surface area (Å²) in [6, 6.07) is 7.48. The van der Waals surface area contributed by atoms with Crippen LogP contribution in [0, 0.1) is 0 Å². The Kier molecular flexibility index (Phi) is 5.44. The van der Waals surface area contributed by atoms with Crippen molar-refractivity contribution in [1.29, 1.82) is 0 Å². The lowest BCUT2D eigenvalue weighted by Crippen LogP contribution is -2.14. The fourth-order valence-electron chi connectivity index (χ4n) is 2.04. The molecule has 0 radical (unpaired) electrons. The van der Waals surface area contributed by atoms with Gasteiger partial charge in [0.1, 0.15) is 5.51 Å². The smallest absolute Gasteiger partial charge is 0.236 e. The van der Waals surface area contributed by atoms with Gasteiger partial charge in [0.15, 0.2) is 11.0 Å². The minimum atomic E-state index is -0.165. The second-order valence-corrected chi connectivity index (χ2v) is 6.79. The number of nitrogens with zero attached hydrogens (tertiary/aromatic N) is 5. The summed E-state index contributed by atoms with van der Waals surface area (Å²) in [5, 5.41) is 20.3. The number of halogens is 1. The molecule has 2 aromatic heterocycles. The van der Waals surface area contributed by atoms with Gasteiger partial charge in [0.05, 0.1) is 10.8 Å². The molecule has 2 heterocycles. The standard InChI is InChI=1S/C14H13ClN6OS2/c1-2-21-12(9-5-3-4-6-10(9)15)18-20-14(21)23-7-11(22)17-13-19-16-8-24-13/h3-6,8H,2,7H2,1H3,(H,17,19,22). The van der Waals surface area contributed by atoms with Crippen LogP contribution < -0.4 is 5.32 Å². The lowest BCUT2D eigenvalue weighted by atomic mass is 10.2. The molecule has 0 atom stereocenters. The van der Waals surface area contributed by atoms with Gasteiger partial charge in [0, 0.05) is 12.1 Å². The van der Waals surface area contributed by atoms with E-state index >= 15 is 0 Å². The number of carbonyl (C=O) groups is 1. The number of benzene rings is 1. The zero-order valence-corrected chi connectivity index (χ0v) is 15.0. The monoisotopic (exact) mass is 380 g/mol. The van der Waals surface area contributed by atoms with Gasteiger partial charge in [0.25, 0.3) is 0 Å². The van der Waals surface area contributed by atoms with Gasteiger partial charge in [0.2, 0.25) is 11.0 Å².